The lowest BCUT2D eigenvalue weighted by Gasteiger charge is -2.64. The third kappa shape index (κ3) is 5.47. The smallest absolute Gasteiger partial charge is 0.250 e. The Morgan fingerprint density at radius 3 is 2.33 bits per heavy atom. The van der Waals surface area contributed by atoms with Crippen LogP contribution < -0.4 is 16.2 Å². The molecule has 0 spiro atoms. The van der Waals surface area contributed by atoms with Crippen molar-refractivity contribution in [1.82, 2.24) is 24.6 Å². The number of carbonyl (C=O) groups excluding carboxylic acids is 2. The predicted molar refractivity (Wildman–Crippen MR) is 162 cm³/mol. The number of hydrogen-bond acceptors (Lipinski definition) is 5. The molecule has 1 atom stereocenters. The van der Waals surface area contributed by atoms with Crippen LogP contribution in [0.25, 0.3) is 22.5 Å². The van der Waals surface area contributed by atoms with Gasteiger partial charge in [-0.3, -0.25) is 14.4 Å². The average molecular weight is 603 g/mol. The van der Waals surface area contributed by atoms with E-state index in [1.54, 1.807) is 45.9 Å². The Balaban J connectivity index is 1.25. The molecule has 3 aliphatic rings. The van der Waals surface area contributed by atoms with Crippen molar-refractivity contribution in [2.45, 2.75) is 57.3 Å². The molecule has 0 radical (unpaired) electrons. The third-order valence-corrected chi connectivity index (χ3v) is 8.86. The van der Waals surface area contributed by atoms with Crippen LogP contribution in [0.3, 0.4) is 0 Å². The van der Waals surface area contributed by atoms with Crippen molar-refractivity contribution in [3.8, 4) is 22.5 Å². The molecule has 3 fully saturated rings. The fourth-order valence-electron chi connectivity index (χ4n) is 6.11. The number of aryl methyl sites for hydroxylation is 1. The highest BCUT2D eigenvalue weighted by molar-refractivity contribution is 6.31. The van der Waals surface area contributed by atoms with E-state index in [0.29, 0.717) is 22.1 Å². The van der Waals surface area contributed by atoms with Gasteiger partial charge in [0.2, 0.25) is 11.8 Å². The van der Waals surface area contributed by atoms with Crippen LogP contribution in [0, 0.1) is 5.41 Å². The lowest BCUT2D eigenvalue weighted by atomic mass is 9.42. The molecule has 0 aliphatic heterocycles. The summed E-state index contributed by atoms with van der Waals surface area (Å²) < 4.78 is 17.7. The highest BCUT2D eigenvalue weighted by Crippen LogP contribution is 2.69. The van der Waals surface area contributed by atoms with Gasteiger partial charge in [0, 0.05) is 48.0 Å². The number of halogens is 2. The maximum atomic E-state index is 14.2. The summed E-state index contributed by atoms with van der Waals surface area (Å²) in [7, 11) is 1.84. The number of nitrogens with zero attached hydrogens (tertiary/aromatic N) is 4. The zero-order chi connectivity index (χ0) is 30.5. The first kappa shape index (κ1) is 28.8. The van der Waals surface area contributed by atoms with Gasteiger partial charge in [0.15, 0.2) is 5.82 Å². The van der Waals surface area contributed by atoms with Gasteiger partial charge in [-0.05, 0) is 92.3 Å². The minimum atomic E-state index is -1.25. The van der Waals surface area contributed by atoms with Gasteiger partial charge in [-0.1, -0.05) is 17.7 Å². The van der Waals surface area contributed by atoms with E-state index in [-0.39, 0.29) is 43.2 Å². The summed E-state index contributed by atoms with van der Waals surface area (Å²) >= 11 is 6.61. The van der Waals surface area contributed by atoms with Crippen LogP contribution >= 0.6 is 11.6 Å². The van der Waals surface area contributed by atoms with E-state index in [0.717, 1.165) is 16.7 Å². The first-order valence-corrected chi connectivity index (χ1v) is 14.6. The van der Waals surface area contributed by atoms with Crippen LogP contribution in [0.1, 0.15) is 44.7 Å². The maximum absolute atomic E-state index is 14.2. The zero-order valence-electron chi connectivity index (χ0n) is 24.1. The molecule has 222 valence electrons. The Kier molecular flexibility index (Phi) is 7.20. The van der Waals surface area contributed by atoms with Gasteiger partial charge < -0.3 is 19.8 Å². The summed E-state index contributed by atoms with van der Waals surface area (Å²) in [6.45, 7) is 3.87. The molecule has 3 aliphatic carbocycles. The van der Waals surface area contributed by atoms with Crippen LogP contribution in [0.2, 0.25) is 5.02 Å². The van der Waals surface area contributed by atoms with Crippen molar-refractivity contribution in [3.63, 3.8) is 0 Å². The zero-order valence-corrected chi connectivity index (χ0v) is 24.9. The van der Waals surface area contributed by atoms with Crippen LogP contribution in [-0.2, 0) is 23.1 Å². The number of alkyl halides is 1. The predicted octanol–water partition coefficient (Wildman–Crippen LogP) is 5.10. The fraction of sp³-hybridized carbons (Fsp3) is 0.344. The molecule has 2 bridgehead atoms. The van der Waals surface area contributed by atoms with Gasteiger partial charge in [0.1, 0.15) is 18.0 Å². The van der Waals surface area contributed by atoms with Crippen molar-refractivity contribution in [2.24, 2.45) is 12.5 Å². The number of hydrogen-bond donors (Lipinski definition) is 2. The second-order valence-electron chi connectivity index (χ2n) is 12.1. The number of aromatic nitrogens is 4. The minimum Gasteiger partial charge on any atom is -0.343 e. The van der Waals surface area contributed by atoms with Crippen molar-refractivity contribution in [3.05, 3.63) is 88.1 Å². The molecule has 2 aromatic carbocycles. The minimum absolute atomic E-state index is 0.0163. The lowest BCUT2D eigenvalue weighted by Crippen LogP contribution is -2.71. The van der Waals surface area contributed by atoms with Crippen LogP contribution in [0.15, 0.2) is 71.9 Å². The summed E-state index contributed by atoms with van der Waals surface area (Å²) in [5.74, 6) is -0.0530. The summed E-state index contributed by atoms with van der Waals surface area (Å²) in [5.41, 5.74) is 1.57. The van der Waals surface area contributed by atoms with Gasteiger partial charge in [0.05, 0.1) is 5.41 Å². The largest absolute Gasteiger partial charge is 0.343 e. The second kappa shape index (κ2) is 10.8. The molecule has 7 rings (SSSR count). The number of amides is 2. The Labute approximate surface area is 253 Å². The third-order valence-electron chi connectivity index (χ3n) is 8.49. The van der Waals surface area contributed by atoms with E-state index in [2.05, 4.69) is 20.8 Å². The summed E-state index contributed by atoms with van der Waals surface area (Å²) in [5, 5.41) is 14.2. The van der Waals surface area contributed by atoms with E-state index in [1.165, 1.54) is 6.07 Å². The van der Waals surface area contributed by atoms with E-state index in [4.69, 9.17) is 11.6 Å². The normalized spacial score (nSPS) is 21.1. The van der Waals surface area contributed by atoms with Gasteiger partial charge in [0.25, 0.3) is 5.56 Å². The fourth-order valence-corrected chi connectivity index (χ4v) is 6.31. The van der Waals surface area contributed by atoms with E-state index in [9.17, 15) is 18.8 Å². The van der Waals surface area contributed by atoms with Crippen molar-refractivity contribution < 1.29 is 14.0 Å². The van der Waals surface area contributed by atoms with E-state index < -0.39 is 23.0 Å². The molecule has 0 unspecified atom stereocenters. The average Bonchev–Trinajstić information content (AvgIpc) is 3.37. The number of anilines is 1. The Morgan fingerprint density at radius 2 is 1.70 bits per heavy atom. The molecule has 2 aromatic heterocycles. The van der Waals surface area contributed by atoms with Gasteiger partial charge >= 0.3 is 0 Å². The standard InChI is InChI=1S/C32H32ClFN6O3/c1-19(2)40-14-22(7-11-27(40)41)21-6-10-25(33)23(12-21)13-26(37-30(43)31-15-32(34,16-31)17-31)29(42)36-24-8-4-20(5-9-24)28-38-35-18-39(28)3/h4-12,14,18-19,26H,13,15-17H2,1-3H3,(H,36,42)(H,37,43)/t26-,31?,32?/m0/s1. The van der Waals surface area contributed by atoms with Gasteiger partial charge in [-0.2, -0.15) is 0 Å². The highest BCUT2D eigenvalue weighted by atomic mass is 35.5. The van der Waals surface area contributed by atoms with Crippen LogP contribution in [0.4, 0.5) is 10.1 Å². The summed E-state index contributed by atoms with van der Waals surface area (Å²) in [4.78, 5) is 39.2. The molecule has 11 heteroatoms. The molecule has 4 aromatic rings. The molecule has 2 heterocycles. The maximum Gasteiger partial charge on any atom is 0.250 e. The quantitative estimate of drug-likeness (QED) is 0.277. The number of benzene rings is 2. The first-order valence-electron chi connectivity index (χ1n) is 14.2. The highest BCUT2D eigenvalue weighted by Gasteiger charge is 2.72. The Bertz CT molecular complexity index is 1760. The Morgan fingerprint density at radius 1 is 1.02 bits per heavy atom. The second-order valence-corrected chi connectivity index (χ2v) is 12.5. The monoisotopic (exact) mass is 602 g/mol. The molecular formula is C32H32ClFN6O3. The summed E-state index contributed by atoms with van der Waals surface area (Å²) in [6, 6.07) is 14.9. The number of pyridine rings is 1. The van der Waals surface area contributed by atoms with Crippen molar-refractivity contribution >= 4 is 29.1 Å². The number of carbonyl (C=O) groups is 2. The number of rotatable bonds is 9. The molecule has 2 amide bonds. The van der Waals surface area contributed by atoms with Crippen molar-refractivity contribution in [1.29, 1.82) is 0 Å². The molecule has 3 saturated carbocycles. The first-order chi connectivity index (χ1) is 20.4. The molecule has 43 heavy (non-hydrogen) atoms. The van der Waals surface area contributed by atoms with Crippen LogP contribution in [0.5, 0.6) is 0 Å². The Hall–Kier alpha value is -4.31. The van der Waals surface area contributed by atoms with Gasteiger partial charge in [-0.25, -0.2) is 4.39 Å². The SMILES string of the molecule is CC(C)n1cc(-c2ccc(Cl)c(C[C@H](NC(=O)C34CC(F)(C3)C4)C(=O)Nc3ccc(-c4nncn4C)cc3)c2)ccc1=O. The van der Waals surface area contributed by atoms with Gasteiger partial charge in [-0.15, -0.1) is 10.2 Å². The molecular weight excluding hydrogens is 571 g/mol. The van der Waals surface area contributed by atoms with Crippen molar-refractivity contribution in [2.75, 3.05) is 5.32 Å². The van der Waals surface area contributed by atoms with E-state index >= 15 is 0 Å². The van der Waals surface area contributed by atoms with Crippen LogP contribution in [-0.4, -0.2) is 42.9 Å². The molecule has 9 nitrogen and oxygen atoms in total. The topological polar surface area (TPSA) is 111 Å². The molecule has 0 saturated heterocycles. The number of nitrogens with one attached hydrogen (secondary N) is 2. The summed E-state index contributed by atoms with van der Waals surface area (Å²) in [6.07, 6.45) is 4.08. The molecule has 2 N–H and O–H groups in total. The lowest BCUT2D eigenvalue weighted by molar-refractivity contribution is -0.214. The van der Waals surface area contributed by atoms with E-state index in [1.807, 2.05) is 45.2 Å².